The Labute approximate surface area is 124 Å². The second kappa shape index (κ2) is 9.19. The van der Waals surface area contributed by atoms with Gasteiger partial charge < -0.3 is 15.5 Å². The second-order valence-corrected chi connectivity index (χ2v) is 5.73. The molecule has 5 heteroatoms. The molecule has 1 heterocycles. The smallest absolute Gasteiger partial charge is 0.191 e. The average Bonchev–Trinajstić information content (AvgIpc) is 2.50. The van der Waals surface area contributed by atoms with Gasteiger partial charge in [0, 0.05) is 51.9 Å². The van der Waals surface area contributed by atoms with Crippen LogP contribution in [-0.4, -0.2) is 74.2 Å². The highest BCUT2D eigenvalue weighted by Gasteiger charge is 2.20. The van der Waals surface area contributed by atoms with Crippen LogP contribution < -0.4 is 10.6 Å². The van der Waals surface area contributed by atoms with Crippen LogP contribution in [-0.2, 0) is 0 Å². The third kappa shape index (κ3) is 5.67. The van der Waals surface area contributed by atoms with E-state index in [1.165, 1.54) is 32.7 Å². The number of piperazine rings is 1. The number of guanidine groups is 1. The summed E-state index contributed by atoms with van der Waals surface area (Å²) in [5, 5.41) is 6.84. The van der Waals surface area contributed by atoms with Gasteiger partial charge in [-0.15, -0.1) is 0 Å². The lowest BCUT2D eigenvalue weighted by atomic mass is 10.2. The van der Waals surface area contributed by atoms with Crippen molar-refractivity contribution in [3.05, 3.63) is 0 Å². The van der Waals surface area contributed by atoms with E-state index in [0.29, 0.717) is 12.1 Å². The third-order valence-corrected chi connectivity index (χ3v) is 4.26. The summed E-state index contributed by atoms with van der Waals surface area (Å²) in [6, 6.07) is 1.01. The first-order valence-electron chi connectivity index (χ1n) is 8.04. The van der Waals surface area contributed by atoms with Crippen molar-refractivity contribution in [1.29, 1.82) is 0 Å². The van der Waals surface area contributed by atoms with Crippen molar-refractivity contribution in [3.8, 4) is 0 Å². The lowest BCUT2D eigenvalue weighted by Gasteiger charge is -2.37. The van der Waals surface area contributed by atoms with Crippen molar-refractivity contribution in [1.82, 2.24) is 20.4 Å². The van der Waals surface area contributed by atoms with Crippen LogP contribution in [0.5, 0.6) is 0 Å². The fraction of sp³-hybridized carbons (Fsp3) is 0.933. The molecule has 0 aliphatic carbocycles. The fourth-order valence-corrected chi connectivity index (χ4v) is 2.42. The summed E-state index contributed by atoms with van der Waals surface area (Å²) in [5.41, 5.74) is 0. The number of aliphatic imine (C=N–C) groups is 1. The van der Waals surface area contributed by atoms with Gasteiger partial charge >= 0.3 is 0 Å². The molecule has 118 valence electrons. The maximum Gasteiger partial charge on any atom is 0.191 e. The van der Waals surface area contributed by atoms with Crippen LogP contribution in [0, 0.1) is 0 Å². The number of rotatable bonds is 6. The molecule has 1 saturated heterocycles. The molecule has 1 aliphatic rings. The minimum atomic E-state index is 0.463. The number of nitrogens with one attached hydrogen (secondary N) is 2. The predicted octanol–water partition coefficient (Wildman–Crippen LogP) is 0.976. The van der Waals surface area contributed by atoms with E-state index >= 15 is 0 Å². The highest BCUT2D eigenvalue weighted by molar-refractivity contribution is 5.79. The molecule has 0 aromatic carbocycles. The fourth-order valence-electron chi connectivity index (χ4n) is 2.42. The van der Waals surface area contributed by atoms with Crippen LogP contribution >= 0.6 is 0 Å². The molecule has 20 heavy (non-hydrogen) atoms. The monoisotopic (exact) mass is 283 g/mol. The SMILES string of the molecule is CCC(C)NC(=NC)NCC(C)N1CCN(CC)CC1. The molecule has 0 amide bonds. The van der Waals surface area contributed by atoms with Gasteiger partial charge in [0.1, 0.15) is 0 Å². The first-order chi connectivity index (χ1) is 9.60. The number of nitrogens with zero attached hydrogens (tertiary/aromatic N) is 3. The summed E-state index contributed by atoms with van der Waals surface area (Å²) in [4.78, 5) is 9.37. The summed E-state index contributed by atoms with van der Waals surface area (Å²) in [7, 11) is 1.84. The molecule has 0 radical (unpaired) electrons. The van der Waals surface area contributed by atoms with E-state index in [0.717, 1.165) is 18.9 Å². The molecule has 1 aliphatic heterocycles. The van der Waals surface area contributed by atoms with Crippen LogP contribution in [0.2, 0.25) is 0 Å². The van der Waals surface area contributed by atoms with Gasteiger partial charge in [-0.05, 0) is 26.8 Å². The minimum Gasteiger partial charge on any atom is -0.355 e. The van der Waals surface area contributed by atoms with E-state index in [4.69, 9.17) is 0 Å². The predicted molar refractivity (Wildman–Crippen MR) is 87.4 cm³/mol. The van der Waals surface area contributed by atoms with Gasteiger partial charge in [-0.25, -0.2) is 0 Å². The van der Waals surface area contributed by atoms with E-state index in [2.05, 4.69) is 53.1 Å². The van der Waals surface area contributed by atoms with Gasteiger partial charge in [0.25, 0.3) is 0 Å². The summed E-state index contributed by atoms with van der Waals surface area (Å²) < 4.78 is 0. The summed E-state index contributed by atoms with van der Waals surface area (Å²) in [5.74, 6) is 0.915. The maximum absolute atomic E-state index is 4.29. The maximum atomic E-state index is 4.29. The van der Waals surface area contributed by atoms with Gasteiger partial charge in [0.2, 0.25) is 0 Å². The van der Waals surface area contributed by atoms with E-state index in [1.807, 2.05) is 7.05 Å². The van der Waals surface area contributed by atoms with E-state index in [9.17, 15) is 0 Å². The molecular formula is C15H33N5. The van der Waals surface area contributed by atoms with Gasteiger partial charge in [-0.1, -0.05) is 13.8 Å². The molecule has 2 unspecified atom stereocenters. The van der Waals surface area contributed by atoms with Crippen LogP contribution in [0.4, 0.5) is 0 Å². The standard InChI is InChI=1S/C15H33N5/c1-6-13(3)18-15(16-5)17-12-14(4)20-10-8-19(7-2)9-11-20/h13-14H,6-12H2,1-5H3,(H2,16,17,18). The lowest BCUT2D eigenvalue weighted by molar-refractivity contribution is 0.107. The summed E-state index contributed by atoms with van der Waals surface area (Å²) in [6.07, 6.45) is 1.11. The van der Waals surface area contributed by atoms with Crippen molar-refractivity contribution in [2.24, 2.45) is 4.99 Å². The zero-order valence-electron chi connectivity index (χ0n) is 13.9. The zero-order valence-corrected chi connectivity index (χ0v) is 13.9. The first kappa shape index (κ1) is 17.2. The largest absolute Gasteiger partial charge is 0.355 e. The third-order valence-electron chi connectivity index (χ3n) is 4.26. The number of hydrogen-bond acceptors (Lipinski definition) is 3. The normalized spacial score (nSPS) is 21.6. The molecular weight excluding hydrogens is 250 g/mol. The molecule has 0 spiro atoms. The van der Waals surface area contributed by atoms with E-state index in [1.54, 1.807) is 0 Å². The lowest BCUT2D eigenvalue weighted by Crippen LogP contribution is -2.53. The highest BCUT2D eigenvalue weighted by Crippen LogP contribution is 2.05. The van der Waals surface area contributed by atoms with Gasteiger partial charge in [0.15, 0.2) is 5.96 Å². The Morgan fingerprint density at radius 3 is 2.30 bits per heavy atom. The van der Waals surface area contributed by atoms with Crippen molar-refractivity contribution >= 4 is 5.96 Å². The summed E-state index contributed by atoms with van der Waals surface area (Å²) in [6.45, 7) is 15.8. The van der Waals surface area contributed by atoms with Gasteiger partial charge in [0.05, 0.1) is 0 Å². The number of hydrogen-bond donors (Lipinski definition) is 2. The van der Waals surface area contributed by atoms with Crippen LogP contribution in [0.3, 0.4) is 0 Å². The van der Waals surface area contributed by atoms with Gasteiger partial charge in [-0.3, -0.25) is 9.89 Å². The second-order valence-electron chi connectivity index (χ2n) is 5.73. The minimum absolute atomic E-state index is 0.463. The van der Waals surface area contributed by atoms with Crippen molar-refractivity contribution in [2.45, 2.75) is 46.2 Å². The molecule has 0 bridgehead atoms. The van der Waals surface area contributed by atoms with E-state index < -0.39 is 0 Å². The van der Waals surface area contributed by atoms with Crippen LogP contribution in [0.25, 0.3) is 0 Å². The van der Waals surface area contributed by atoms with Crippen LogP contribution in [0.1, 0.15) is 34.1 Å². The Kier molecular flexibility index (Phi) is 7.92. The van der Waals surface area contributed by atoms with Gasteiger partial charge in [-0.2, -0.15) is 0 Å². The van der Waals surface area contributed by atoms with Crippen LogP contribution in [0.15, 0.2) is 4.99 Å². The Morgan fingerprint density at radius 2 is 1.80 bits per heavy atom. The molecule has 0 aromatic rings. The van der Waals surface area contributed by atoms with Crippen molar-refractivity contribution < 1.29 is 0 Å². The number of likely N-dealkylation sites (N-methyl/N-ethyl adjacent to an activating group) is 1. The van der Waals surface area contributed by atoms with Crippen molar-refractivity contribution in [3.63, 3.8) is 0 Å². The molecule has 0 aromatic heterocycles. The topological polar surface area (TPSA) is 42.9 Å². The average molecular weight is 283 g/mol. The Hall–Kier alpha value is -0.810. The molecule has 5 nitrogen and oxygen atoms in total. The first-order valence-corrected chi connectivity index (χ1v) is 8.04. The van der Waals surface area contributed by atoms with Crippen molar-refractivity contribution in [2.75, 3.05) is 46.3 Å². The molecule has 1 rings (SSSR count). The Balaban J connectivity index is 2.30. The summed E-state index contributed by atoms with van der Waals surface area (Å²) >= 11 is 0. The zero-order chi connectivity index (χ0) is 15.0. The molecule has 2 N–H and O–H groups in total. The quantitative estimate of drug-likeness (QED) is 0.563. The Morgan fingerprint density at radius 1 is 1.15 bits per heavy atom. The molecule has 0 saturated carbocycles. The van der Waals surface area contributed by atoms with E-state index in [-0.39, 0.29) is 0 Å². The highest BCUT2D eigenvalue weighted by atomic mass is 15.3. The molecule has 2 atom stereocenters. The molecule has 1 fully saturated rings. The Bertz CT molecular complexity index is 284.